The average Bonchev–Trinajstić information content (AvgIpc) is 3.20. The smallest absolute Gasteiger partial charge is 0.309 e. The molecule has 0 aromatic carbocycles. The summed E-state index contributed by atoms with van der Waals surface area (Å²) in [5.41, 5.74) is 1.96. The number of hydrogen-bond donors (Lipinski definition) is 0. The van der Waals surface area contributed by atoms with Crippen LogP contribution in [0.5, 0.6) is 0 Å². The van der Waals surface area contributed by atoms with Crippen LogP contribution in [0.25, 0.3) is 17.1 Å². The third kappa shape index (κ3) is 4.27. The second kappa shape index (κ2) is 8.25. The number of aromatic nitrogens is 6. The van der Waals surface area contributed by atoms with Crippen molar-refractivity contribution in [2.45, 2.75) is 19.3 Å². The molecule has 0 N–H and O–H groups in total. The summed E-state index contributed by atoms with van der Waals surface area (Å²) in [5.74, 6) is -0.334. The van der Waals surface area contributed by atoms with Crippen LogP contribution in [0.15, 0.2) is 48.8 Å². The van der Waals surface area contributed by atoms with E-state index in [0.29, 0.717) is 11.3 Å². The predicted octanol–water partition coefficient (Wildman–Crippen LogP) is 3.32. The third-order valence-corrected chi connectivity index (χ3v) is 4.33. The van der Waals surface area contributed by atoms with Gasteiger partial charge in [-0.25, -0.2) is 30.6 Å². The summed E-state index contributed by atoms with van der Waals surface area (Å²) in [4.78, 5) is 15.4. The van der Waals surface area contributed by atoms with E-state index in [9.17, 15) is 8.78 Å². The first-order valence-electron chi connectivity index (χ1n) is 8.42. The zero-order chi connectivity index (χ0) is 19.7. The van der Waals surface area contributed by atoms with Gasteiger partial charge in [0.05, 0.1) is 16.9 Å². The molecule has 0 aliphatic rings. The summed E-state index contributed by atoms with van der Waals surface area (Å²) in [6.07, 6.45) is 4.78. The van der Waals surface area contributed by atoms with E-state index >= 15 is 0 Å². The van der Waals surface area contributed by atoms with E-state index in [4.69, 9.17) is 0 Å². The molecular formula is C20H14F2N6Pt. The van der Waals surface area contributed by atoms with Gasteiger partial charge in [0.25, 0.3) is 0 Å². The summed E-state index contributed by atoms with van der Waals surface area (Å²) < 4.78 is 27.8. The van der Waals surface area contributed by atoms with Gasteiger partial charge in [-0.2, -0.15) is 11.2 Å². The van der Waals surface area contributed by atoms with Gasteiger partial charge >= 0.3 is 21.1 Å². The zero-order valence-corrected chi connectivity index (χ0v) is 17.6. The fourth-order valence-corrected chi connectivity index (χ4v) is 2.72. The molecular weight excluding hydrogens is 557 g/mol. The quantitative estimate of drug-likeness (QED) is 0.214. The van der Waals surface area contributed by atoms with E-state index in [1.54, 1.807) is 12.3 Å². The van der Waals surface area contributed by atoms with Crippen molar-refractivity contribution >= 4 is 0 Å². The maximum Gasteiger partial charge on any atom is 2.00 e. The Balaban J connectivity index is 0.00000240. The van der Waals surface area contributed by atoms with Gasteiger partial charge in [0.1, 0.15) is 5.95 Å². The molecule has 4 heterocycles. The summed E-state index contributed by atoms with van der Waals surface area (Å²) in [6, 6.07) is 12.8. The van der Waals surface area contributed by atoms with Crippen LogP contribution in [-0.4, -0.2) is 29.7 Å². The number of pyridine rings is 2. The Morgan fingerprint density at radius 1 is 1.03 bits per heavy atom. The second-order valence-corrected chi connectivity index (χ2v) is 6.58. The topological polar surface area (TPSA) is 69.4 Å². The first-order chi connectivity index (χ1) is 13.4. The average molecular weight is 571 g/mol. The molecule has 148 valence electrons. The van der Waals surface area contributed by atoms with Gasteiger partial charge in [-0.15, -0.1) is 0 Å². The Bertz CT molecular complexity index is 1130. The molecule has 0 spiro atoms. The molecule has 0 aliphatic carbocycles. The molecule has 6 nitrogen and oxygen atoms in total. The first kappa shape index (κ1) is 20.9. The maximum absolute atomic E-state index is 13.4. The fourth-order valence-electron chi connectivity index (χ4n) is 2.72. The van der Waals surface area contributed by atoms with E-state index < -0.39 is 17.4 Å². The van der Waals surface area contributed by atoms with E-state index in [1.165, 1.54) is 23.0 Å². The molecule has 0 bridgehead atoms. The van der Waals surface area contributed by atoms with Crippen LogP contribution in [0.4, 0.5) is 8.78 Å². The minimum atomic E-state index is -0.839. The summed E-state index contributed by atoms with van der Waals surface area (Å²) in [5, 5.41) is 4.52. The van der Waals surface area contributed by atoms with E-state index in [-0.39, 0.29) is 26.9 Å². The molecule has 0 aliphatic heterocycles. The van der Waals surface area contributed by atoms with Gasteiger partial charge in [0, 0.05) is 11.9 Å². The van der Waals surface area contributed by atoms with Gasteiger partial charge < -0.3 is 15.0 Å². The summed E-state index contributed by atoms with van der Waals surface area (Å²) >= 11 is 0. The Kier molecular flexibility index (Phi) is 5.93. The molecule has 0 saturated heterocycles. The predicted molar refractivity (Wildman–Crippen MR) is 96.3 cm³/mol. The minimum absolute atomic E-state index is 0. The Hall–Kier alpha value is -2.86. The standard InChI is InChI=1S/C20H14F2N6.Pt/c1-20(2,16-9-10-28(27-16)18-8-4-7-17(21)26-18)15-6-3-5-14(25-15)13-11-23-19(22)24-12-13;/h3-7,9-11H,1-2H3;/q-2;+2. The molecule has 0 amide bonds. The van der Waals surface area contributed by atoms with Crippen molar-refractivity contribution in [2.24, 2.45) is 0 Å². The maximum atomic E-state index is 13.4. The molecule has 4 aromatic heterocycles. The van der Waals surface area contributed by atoms with Crippen molar-refractivity contribution in [3.8, 4) is 17.1 Å². The Morgan fingerprint density at radius 2 is 1.86 bits per heavy atom. The molecule has 29 heavy (non-hydrogen) atoms. The number of nitrogens with zero attached hydrogens (tertiary/aromatic N) is 6. The zero-order valence-electron chi connectivity index (χ0n) is 15.4. The first-order valence-corrected chi connectivity index (χ1v) is 8.42. The molecule has 0 fully saturated rings. The SMILES string of the molecule is CC(C)(c1cccc(-c2[c-]nc(F)nc2)n1)c1ccn(-c2[c-]ccc(F)n2)n1.[Pt+2]. The minimum Gasteiger partial charge on any atom is -0.309 e. The molecule has 9 heteroatoms. The summed E-state index contributed by atoms with van der Waals surface area (Å²) in [7, 11) is 0. The van der Waals surface area contributed by atoms with Gasteiger partial charge in [-0.1, -0.05) is 23.9 Å². The van der Waals surface area contributed by atoms with Crippen LogP contribution in [0.3, 0.4) is 0 Å². The number of hydrogen-bond acceptors (Lipinski definition) is 5. The fraction of sp³-hybridized carbons (Fsp3) is 0.150. The van der Waals surface area contributed by atoms with Crippen LogP contribution in [0.1, 0.15) is 25.2 Å². The van der Waals surface area contributed by atoms with Crippen LogP contribution < -0.4 is 0 Å². The van der Waals surface area contributed by atoms with E-state index in [2.05, 4.69) is 37.3 Å². The van der Waals surface area contributed by atoms with Crippen LogP contribution in [-0.2, 0) is 26.5 Å². The second-order valence-electron chi connectivity index (χ2n) is 6.58. The monoisotopic (exact) mass is 571 g/mol. The van der Waals surface area contributed by atoms with E-state index in [1.807, 2.05) is 32.0 Å². The van der Waals surface area contributed by atoms with Crippen molar-refractivity contribution in [3.05, 3.63) is 84.5 Å². The molecule has 0 unspecified atom stereocenters. The van der Waals surface area contributed by atoms with Gasteiger partial charge in [-0.3, -0.25) is 0 Å². The van der Waals surface area contributed by atoms with Gasteiger partial charge in [0.15, 0.2) is 0 Å². The van der Waals surface area contributed by atoms with E-state index in [0.717, 1.165) is 11.4 Å². The Morgan fingerprint density at radius 3 is 2.59 bits per heavy atom. The summed E-state index contributed by atoms with van der Waals surface area (Å²) in [6.45, 7) is 3.94. The number of halogens is 2. The van der Waals surface area contributed by atoms with Crippen molar-refractivity contribution in [3.63, 3.8) is 0 Å². The molecule has 0 radical (unpaired) electrons. The van der Waals surface area contributed by atoms with Crippen LogP contribution in [0, 0.1) is 24.3 Å². The third-order valence-electron chi connectivity index (χ3n) is 4.33. The van der Waals surface area contributed by atoms with Gasteiger partial charge in [-0.05, 0) is 37.9 Å². The van der Waals surface area contributed by atoms with Crippen molar-refractivity contribution in [2.75, 3.05) is 0 Å². The molecule has 4 rings (SSSR count). The molecule has 0 atom stereocenters. The Labute approximate surface area is 180 Å². The van der Waals surface area contributed by atoms with Crippen LogP contribution in [0.2, 0.25) is 0 Å². The van der Waals surface area contributed by atoms with Crippen molar-refractivity contribution in [1.29, 1.82) is 0 Å². The van der Waals surface area contributed by atoms with Crippen LogP contribution >= 0.6 is 0 Å². The van der Waals surface area contributed by atoms with Gasteiger partial charge in [0.2, 0.25) is 6.08 Å². The van der Waals surface area contributed by atoms with Crippen molar-refractivity contribution < 1.29 is 29.8 Å². The molecule has 4 aromatic rings. The molecule has 0 saturated carbocycles. The number of rotatable bonds is 4. The normalized spacial score (nSPS) is 11.2. The largest absolute Gasteiger partial charge is 2.00 e. The van der Waals surface area contributed by atoms with Crippen molar-refractivity contribution in [1.82, 2.24) is 29.7 Å².